The minimum absolute atomic E-state index is 0.0323. The molecule has 1 N–H and O–H groups in total. The minimum atomic E-state index is -3.22. The Morgan fingerprint density at radius 2 is 2.21 bits per heavy atom. The Morgan fingerprint density at radius 1 is 1.42 bits per heavy atom. The molecule has 4 rings (SSSR count). The molecule has 2 aliphatic heterocycles. The first-order valence-electron chi connectivity index (χ1n) is 8.23. The van der Waals surface area contributed by atoms with Gasteiger partial charge in [0.2, 0.25) is 10.0 Å². The highest BCUT2D eigenvalue weighted by Gasteiger charge is 2.45. The lowest BCUT2D eigenvalue weighted by atomic mass is 9.93. The summed E-state index contributed by atoms with van der Waals surface area (Å²) in [6, 6.07) is 1.75. The number of aromatic nitrogens is 1. The average molecular weight is 355 g/mol. The largest absolute Gasteiger partial charge is 0.376 e. The summed E-state index contributed by atoms with van der Waals surface area (Å²) in [5.74, 6) is 1.31. The maximum absolute atomic E-state index is 12.6. The molecule has 0 bridgehead atoms. The van der Waals surface area contributed by atoms with Crippen molar-refractivity contribution in [3.8, 4) is 0 Å². The zero-order valence-electron chi connectivity index (χ0n) is 13.5. The van der Waals surface area contributed by atoms with Crippen LogP contribution in [-0.2, 0) is 14.8 Å². The van der Waals surface area contributed by atoms with Crippen molar-refractivity contribution in [1.29, 1.82) is 0 Å². The lowest BCUT2D eigenvalue weighted by molar-refractivity contribution is 0.0670. The van der Waals surface area contributed by atoms with Gasteiger partial charge in [0.05, 0.1) is 19.0 Å². The fraction of sp³-hybridized carbons (Fsp3) is 0.733. The van der Waals surface area contributed by atoms with E-state index in [1.807, 2.05) is 0 Å². The molecule has 3 atom stereocenters. The number of fused-ring (bicyclic) bond motifs is 1. The lowest BCUT2D eigenvalue weighted by Crippen LogP contribution is -2.35. The van der Waals surface area contributed by atoms with Crippen molar-refractivity contribution in [2.24, 2.45) is 11.8 Å². The molecule has 0 spiro atoms. The van der Waals surface area contributed by atoms with Crippen molar-refractivity contribution < 1.29 is 22.5 Å². The number of carbonyl (C=O) groups excluding carboxylic acids is 1. The number of carbonyl (C=O) groups is 1. The van der Waals surface area contributed by atoms with Crippen LogP contribution in [0.2, 0.25) is 0 Å². The molecule has 3 heterocycles. The van der Waals surface area contributed by atoms with Gasteiger partial charge < -0.3 is 14.2 Å². The van der Waals surface area contributed by atoms with Gasteiger partial charge in [-0.3, -0.25) is 4.79 Å². The standard InChI is InChI=1S/C15H21N3O5S/c1-24(20,21)16-5-10-8-22-14-7-18(6-11(10)14)15(19)12-4-13(23-17-12)9-2-3-9/h4,9-11,14,16H,2-3,5-8H2,1H3/t10-,11-,14-/m1/s1. The molecule has 0 radical (unpaired) electrons. The summed E-state index contributed by atoms with van der Waals surface area (Å²) < 4.78 is 36.1. The Bertz CT molecular complexity index is 742. The van der Waals surface area contributed by atoms with Gasteiger partial charge in [0.25, 0.3) is 5.91 Å². The van der Waals surface area contributed by atoms with Gasteiger partial charge in [0.15, 0.2) is 5.69 Å². The van der Waals surface area contributed by atoms with Gasteiger partial charge in [0.1, 0.15) is 5.76 Å². The van der Waals surface area contributed by atoms with E-state index in [1.165, 1.54) is 0 Å². The Morgan fingerprint density at radius 3 is 2.92 bits per heavy atom. The third-order valence-corrected chi connectivity index (χ3v) is 5.75. The van der Waals surface area contributed by atoms with Crippen LogP contribution in [0.4, 0.5) is 0 Å². The second-order valence-electron chi connectivity index (χ2n) is 7.02. The van der Waals surface area contributed by atoms with Crippen LogP contribution in [-0.4, -0.2) is 63.0 Å². The molecule has 0 aromatic carbocycles. The first-order chi connectivity index (χ1) is 11.4. The van der Waals surface area contributed by atoms with E-state index in [2.05, 4.69) is 9.88 Å². The van der Waals surface area contributed by atoms with Crippen molar-refractivity contribution >= 4 is 15.9 Å². The summed E-state index contributed by atoms with van der Waals surface area (Å²) in [7, 11) is -3.22. The molecule has 3 aliphatic rings. The number of hydrogen-bond donors (Lipinski definition) is 1. The molecule has 1 aliphatic carbocycles. The Balaban J connectivity index is 1.39. The highest BCUT2D eigenvalue weighted by molar-refractivity contribution is 7.88. The van der Waals surface area contributed by atoms with E-state index in [1.54, 1.807) is 11.0 Å². The van der Waals surface area contributed by atoms with E-state index >= 15 is 0 Å². The zero-order chi connectivity index (χ0) is 16.9. The number of hydrogen-bond acceptors (Lipinski definition) is 6. The zero-order valence-corrected chi connectivity index (χ0v) is 14.3. The van der Waals surface area contributed by atoms with Gasteiger partial charge in [-0.25, -0.2) is 13.1 Å². The predicted molar refractivity (Wildman–Crippen MR) is 83.9 cm³/mol. The van der Waals surface area contributed by atoms with Crippen molar-refractivity contribution in [3.63, 3.8) is 0 Å². The monoisotopic (exact) mass is 355 g/mol. The smallest absolute Gasteiger partial charge is 0.276 e. The van der Waals surface area contributed by atoms with Gasteiger partial charge in [-0.15, -0.1) is 0 Å². The van der Waals surface area contributed by atoms with Gasteiger partial charge in [0, 0.05) is 43.5 Å². The number of likely N-dealkylation sites (tertiary alicyclic amines) is 1. The molecule has 8 nitrogen and oxygen atoms in total. The summed E-state index contributed by atoms with van der Waals surface area (Å²) in [6.07, 6.45) is 3.31. The van der Waals surface area contributed by atoms with Crippen LogP contribution in [0.5, 0.6) is 0 Å². The molecule has 1 aromatic heterocycles. The number of nitrogens with zero attached hydrogens (tertiary/aromatic N) is 2. The fourth-order valence-electron chi connectivity index (χ4n) is 3.55. The highest BCUT2D eigenvalue weighted by Crippen LogP contribution is 2.40. The average Bonchev–Trinajstić information content (AvgIpc) is 2.97. The van der Waals surface area contributed by atoms with E-state index in [-0.39, 0.29) is 23.8 Å². The molecule has 1 amide bonds. The molecule has 9 heteroatoms. The number of rotatable bonds is 5. The maximum Gasteiger partial charge on any atom is 0.276 e. The normalized spacial score (nSPS) is 29.9. The third-order valence-electron chi connectivity index (χ3n) is 5.06. The minimum Gasteiger partial charge on any atom is -0.376 e. The second-order valence-corrected chi connectivity index (χ2v) is 8.85. The van der Waals surface area contributed by atoms with E-state index in [0.717, 1.165) is 24.9 Å². The van der Waals surface area contributed by atoms with Gasteiger partial charge in [-0.05, 0) is 12.8 Å². The fourth-order valence-corrected chi connectivity index (χ4v) is 4.06. The van der Waals surface area contributed by atoms with Crippen LogP contribution in [0.3, 0.4) is 0 Å². The van der Waals surface area contributed by atoms with E-state index in [0.29, 0.717) is 37.9 Å². The molecule has 2 saturated heterocycles. The molecular weight excluding hydrogens is 334 g/mol. The first kappa shape index (κ1) is 16.0. The topological polar surface area (TPSA) is 102 Å². The van der Waals surface area contributed by atoms with E-state index in [9.17, 15) is 13.2 Å². The van der Waals surface area contributed by atoms with Crippen LogP contribution in [0, 0.1) is 11.8 Å². The van der Waals surface area contributed by atoms with Crippen LogP contribution in [0.15, 0.2) is 10.6 Å². The summed E-state index contributed by atoms with van der Waals surface area (Å²) in [5.41, 5.74) is 0.350. The quantitative estimate of drug-likeness (QED) is 0.809. The molecular formula is C15H21N3O5S. The Labute approximate surface area is 140 Å². The van der Waals surface area contributed by atoms with Crippen LogP contribution in [0.25, 0.3) is 0 Å². The van der Waals surface area contributed by atoms with Crippen molar-refractivity contribution in [1.82, 2.24) is 14.8 Å². The van der Waals surface area contributed by atoms with E-state index < -0.39 is 10.0 Å². The van der Waals surface area contributed by atoms with E-state index in [4.69, 9.17) is 9.26 Å². The number of ether oxygens (including phenoxy) is 1. The molecule has 132 valence electrons. The van der Waals surface area contributed by atoms with Crippen molar-refractivity contribution in [2.75, 3.05) is 32.5 Å². The van der Waals surface area contributed by atoms with Gasteiger partial charge >= 0.3 is 0 Å². The van der Waals surface area contributed by atoms with Crippen LogP contribution >= 0.6 is 0 Å². The van der Waals surface area contributed by atoms with Crippen LogP contribution in [0.1, 0.15) is 35.0 Å². The Hall–Kier alpha value is -1.45. The second kappa shape index (κ2) is 5.82. The Kier molecular flexibility index (Phi) is 3.89. The molecule has 1 aromatic rings. The van der Waals surface area contributed by atoms with Gasteiger partial charge in [-0.1, -0.05) is 5.16 Å². The number of amides is 1. The molecule has 1 saturated carbocycles. The van der Waals surface area contributed by atoms with Crippen molar-refractivity contribution in [2.45, 2.75) is 24.9 Å². The summed E-state index contributed by atoms with van der Waals surface area (Å²) in [4.78, 5) is 14.3. The SMILES string of the molecule is CS(=O)(=O)NC[C@@H]1CO[C@@H]2CN(C(=O)c3cc(C4CC4)on3)C[C@H]12. The molecule has 0 unspecified atom stereocenters. The number of nitrogens with one attached hydrogen (secondary N) is 1. The lowest BCUT2D eigenvalue weighted by Gasteiger charge is -2.19. The maximum atomic E-state index is 12.6. The summed E-state index contributed by atoms with van der Waals surface area (Å²) in [6.45, 7) is 1.95. The highest BCUT2D eigenvalue weighted by atomic mass is 32.2. The summed E-state index contributed by atoms with van der Waals surface area (Å²) in [5, 5.41) is 3.90. The molecule has 24 heavy (non-hydrogen) atoms. The molecule has 3 fully saturated rings. The summed E-state index contributed by atoms with van der Waals surface area (Å²) >= 11 is 0. The first-order valence-corrected chi connectivity index (χ1v) is 10.1. The third kappa shape index (κ3) is 3.20. The van der Waals surface area contributed by atoms with Crippen molar-refractivity contribution in [3.05, 3.63) is 17.5 Å². The predicted octanol–water partition coefficient (Wildman–Crippen LogP) is 0.188. The van der Waals surface area contributed by atoms with Gasteiger partial charge in [-0.2, -0.15) is 0 Å². The number of sulfonamides is 1. The van der Waals surface area contributed by atoms with Crippen LogP contribution < -0.4 is 4.72 Å².